The number of phenols is 1. The lowest BCUT2D eigenvalue weighted by molar-refractivity contribution is -0.121. The zero-order chi connectivity index (χ0) is 19.3. The lowest BCUT2D eigenvalue weighted by Crippen LogP contribution is -2.40. The third-order valence-corrected chi connectivity index (χ3v) is 5.22. The Bertz CT molecular complexity index is 919. The first-order chi connectivity index (χ1) is 13.7. The molecule has 1 amide bonds. The van der Waals surface area contributed by atoms with Crippen LogP contribution in [0, 0.1) is 5.92 Å². The highest BCUT2D eigenvalue weighted by atomic mass is 16.3. The van der Waals surface area contributed by atoms with E-state index in [-0.39, 0.29) is 11.8 Å². The summed E-state index contributed by atoms with van der Waals surface area (Å²) >= 11 is 0. The number of hydrogen-bond donors (Lipinski definition) is 2. The molecule has 1 atom stereocenters. The van der Waals surface area contributed by atoms with Gasteiger partial charge < -0.3 is 14.8 Å². The molecule has 0 radical (unpaired) electrons. The lowest BCUT2D eigenvalue weighted by Gasteiger charge is -2.32. The van der Waals surface area contributed by atoms with E-state index in [1.165, 1.54) is 0 Å². The second-order valence-corrected chi connectivity index (χ2v) is 7.25. The van der Waals surface area contributed by atoms with Crippen molar-refractivity contribution in [3.63, 3.8) is 0 Å². The van der Waals surface area contributed by atoms with Crippen LogP contribution < -0.4 is 5.32 Å². The molecule has 1 aromatic heterocycles. The van der Waals surface area contributed by atoms with Gasteiger partial charge in [0.05, 0.1) is 12.2 Å². The van der Waals surface area contributed by atoms with Crippen molar-refractivity contribution in [2.45, 2.75) is 19.4 Å². The highest BCUT2D eigenvalue weighted by Gasteiger charge is 2.26. The number of rotatable bonds is 5. The first kappa shape index (κ1) is 18.3. The number of nitrogens with one attached hydrogen (secondary N) is 1. The van der Waals surface area contributed by atoms with Gasteiger partial charge in [-0.25, -0.2) is 0 Å². The molecule has 1 fully saturated rings. The first-order valence-electron chi connectivity index (χ1n) is 9.63. The molecule has 5 nitrogen and oxygen atoms in total. The third kappa shape index (κ3) is 4.26. The molecule has 3 aromatic rings. The Balaban J connectivity index is 1.36. The molecule has 1 saturated heterocycles. The van der Waals surface area contributed by atoms with Crippen LogP contribution in [0.15, 0.2) is 71.3 Å². The molecular weight excluding hydrogens is 352 g/mol. The van der Waals surface area contributed by atoms with Gasteiger partial charge in [0.1, 0.15) is 11.5 Å². The summed E-state index contributed by atoms with van der Waals surface area (Å²) < 4.78 is 5.39. The van der Waals surface area contributed by atoms with Crippen molar-refractivity contribution in [2.24, 2.45) is 5.92 Å². The van der Waals surface area contributed by atoms with E-state index in [2.05, 4.69) is 10.2 Å². The van der Waals surface area contributed by atoms with Gasteiger partial charge >= 0.3 is 0 Å². The number of nitrogens with zero attached hydrogens (tertiary/aromatic N) is 1. The number of furan rings is 1. The van der Waals surface area contributed by atoms with Gasteiger partial charge in [-0.3, -0.25) is 9.69 Å². The molecule has 2 aromatic carbocycles. The average molecular weight is 376 g/mol. The van der Waals surface area contributed by atoms with Crippen molar-refractivity contribution >= 4 is 11.6 Å². The summed E-state index contributed by atoms with van der Waals surface area (Å²) in [7, 11) is 0. The van der Waals surface area contributed by atoms with E-state index < -0.39 is 0 Å². The van der Waals surface area contributed by atoms with Crippen LogP contribution in [0.25, 0.3) is 11.3 Å². The number of amides is 1. The van der Waals surface area contributed by atoms with Crippen molar-refractivity contribution in [3.05, 3.63) is 72.5 Å². The standard InChI is InChI=1S/C23H24N2O3/c26-21-7-2-1-5-18(21)15-25-13-3-6-19(16-25)23(27)24-20-11-9-17(10-12-20)22-8-4-14-28-22/h1-2,4-5,7-12,14,19,26H,3,6,13,15-16H2,(H,24,27)/t19-/m0/s1. The monoisotopic (exact) mass is 376 g/mol. The van der Waals surface area contributed by atoms with Gasteiger partial charge in [0.2, 0.25) is 5.91 Å². The predicted molar refractivity (Wildman–Crippen MR) is 109 cm³/mol. The summed E-state index contributed by atoms with van der Waals surface area (Å²) in [6.07, 6.45) is 3.51. The molecule has 0 unspecified atom stereocenters. The molecule has 28 heavy (non-hydrogen) atoms. The number of hydrogen-bond acceptors (Lipinski definition) is 4. The third-order valence-electron chi connectivity index (χ3n) is 5.22. The number of carbonyl (C=O) groups is 1. The van der Waals surface area contributed by atoms with Crippen molar-refractivity contribution in [1.82, 2.24) is 4.90 Å². The summed E-state index contributed by atoms with van der Waals surface area (Å²) in [5.74, 6) is 1.12. The van der Waals surface area contributed by atoms with Crippen LogP contribution in [0.4, 0.5) is 5.69 Å². The van der Waals surface area contributed by atoms with Gasteiger partial charge in [0, 0.05) is 29.9 Å². The number of piperidine rings is 1. The van der Waals surface area contributed by atoms with Crippen LogP contribution >= 0.6 is 0 Å². The Hall–Kier alpha value is -3.05. The molecule has 1 aliphatic rings. The van der Waals surface area contributed by atoms with Crippen molar-refractivity contribution in [3.8, 4) is 17.1 Å². The van der Waals surface area contributed by atoms with Crippen LogP contribution in [0.2, 0.25) is 0 Å². The van der Waals surface area contributed by atoms with E-state index in [1.807, 2.05) is 54.6 Å². The van der Waals surface area contributed by atoms with Crippen molar-refractivity contribution < 1.29 is 14.3 Å². The lowest BCUT2D eigenvalue weighted by atomic mass is 9.96. The SMILES string of the molecule is O=C(Nc1ccc(-c2ccco2)cc1)[C@H]1CCCN(Cc2ccccc2O)C1. The summed E-state index contributed by atoms with van der Waals surface area (Å²) in [6, 6.07) is 18.8. The molecule has 4 rings (SSSR count). The van der Waals surface area contributed by atoms with Crippen LogP contribution in [0.5, 0.6) is 5.75 Å². The molecule has 0 bridgehead atoms. The quantitative estimate of drug-likeness (QED) is 0.688. The smallest absolute Gasteiger partial charge is 0.228 e. The highest BCUT2D eigenvalue weighted by molar-refractivity contribution is 5.93. The normalized spacial score (nSPS) is 17.4. The molecule has 2 N–H and O–H groups in total. The minimum Gasteiger partial charge on any atom is -0.508 e. The fraction of sp³-hybridized carbons (Fsp3) is 0.261. The molecule has 2 heterocycles. The molecule has 144 valence electrons. The Morgan fingerprint density at radius 3 is 2.68 bits per heavy atom. The van der Waals surface area contributed by atoms with E-state index in [4.69, 9.17) is 4.42 Å². The number of phenolic OH excluding ortho intramolecular Hbond substituents is 1. The zero-order valence-corrected chi connectivity index (χ0v) is 15.7. The fourth-order valence-electron chi connectivity index (χ4n) is 3.70. The van der Waals surface area contributed by atoms with Gasteiger partial charge in [-0.2, -0.15) is 0 Å². The fourth-order valence-corrected chi connectivity index (χ4v) is 3.70. The Labute approximate surface area is 164 Å². The van der Waals surface area contributed by atoms with Crippen molar-refractivity contribution in [1.29, 1.82) is 0 Å². The van der Waals surface area contributed by atoms with Crippen LogP contribution in [-0.4, -0.2) is 29.0 Å². The number of anilines is 1. The first-order valence-corrected chi connectivity index (χ1v) is 9.63. The molecule has 0 spiro atoms. The van der Waals surface area contributed by atoms with Crippen molar-refractivity contribution in [2.75, 3.05) is 18.4 Å². The summed E-state index contributed by atoms with van der Waals surface area (Å²) in [6.45, 7) is 2.30. The maximum atomic E-state index is 12.7. The molecule has 0 aliphatic carbocycles. The Kier molecular flexibility index (Phi) is 5.44. The minimum atomic E-state index is -0.0515. The summed E-state index contributed by atoms with van der Waals surface area (Å²) in [5, 5.41) is 13.0. The Morgan fingerprint density at radius 1 is 1.11 bits per heavy atom. The zero-order valence-electron chi connectivity index (χ0n) is 15.7. The van der Waals surface area contributed by atoms with Gasteiger partial charge in [-0.1, -0.05) is 18.2 Å². The van der Waals surface area contributed by atoms with E-state index in [1.54, 1.807) is 12.3 Å². The highest BCUT2D eigenvalue weighted by Crippen LogP contribution is 2.25. The Morgan fingerprint density at radius 2 is 1.93 bits per heavy atom. The van der Waals surface area contributed by atoms with Gasteiger partial charge in [0.25, 0.3) is 0 Å². The number of likely N-dealkylation sites (tertiary alicyclic amines) is 1. The largest absolute Gasteiger partial charge is 0.508 e. The van der Waals surface area contributed by atoms with Gasteiger partial charge in [0.15, 0.2) is 0 Å². The average Bonchev–Trinajstić information content (AvgIpc) is 3.25. The molecular formula is C23H24N2O3. The van der Waals surface area contributed by atoms with E-state index in [0.29, 0.717) is 18.8 Å². The van der Waals surface area contributed by atoms with Gasteiger partial charge in [-0.15, -0.1) is 0 Å². The maximum Gasteiger partial charge on any atom is 0.228 e. The molecule has 5 heteroatoms. The van der Waals surface area contributed by atoms with E-state index in [0.717, 1.165) is 42.0 Å². The number of para-hydroxylation sites is 1. The molecule has 0 saturated carbocycles. The minimum absolute atomic E-state index is 0.0488. The van der Waals surface area contributed by atoms with Crippen LogP contribution in [-0.2, 0) is 11.3 Å². The predicted octanol–water partition coefficient (Wildman–Crippen LogP) is 4.50. The van der Waals surface area contributed by atoms with E-state index >= 15 is 0 Å². The van der Waals surface area contributed by atoms with Crippen LogP contribution in [0.1, 0.15) is 18.4 Å². The maximum absolute atomic E-state index is 12.7. The van der Waals surface area contributed by atoms with Crippen LogP contribution in [0.3, 0.4) is 0 Å². The number of benzene rings is 2. The number of carbonyl (C=O) groups excluding carboxylic acids is 1. The second-order valence-electron chi connectivity index (χ2n) is 7.25. The number of aromatic hydroxyl groups is 1. The van der Waals surface area contributed by atoms with E-state index in [9.17, 15) is 9.90 Å². The topological polar surface area (TPSA) is 65.7 Å². The van der Waals surface area contributed by atoms with Gasteiger partial charge in [-0.05, 0) is 61.9 Å². The summed E-state index contributed by atoms with van der Waals surface area (Å²) in [5.41, 5.74) is 2.67. The summed E-state index contributed by atoms with van der Waals surface area (Å²) in [4.78, 5) is 15.0. The molecule has 1 aliphatic heterocycles. The second kappa shape index (κ2) is 8.31.